The standard InChI is InChI=1S/C13H18FNO2/c1-3-6-9(4-2)15-12-10(13(16)17)7-5-8-11(12)14/h5,7-9,15H,3-4,6H2,1-2H3,(H,16,17). The van der Waals surface area contributed by atoms with E-state index in [0.717, 1.165) is 19.3 Å². The average molecular weight is 239 g/mol. The normalized spacial score (nSPS) is 12.2. The second kappa shape index (κ2) is 6.23. The van der Waals surface area contributed by atoms with Gasteiger partial charge in [0.1, 0.15) is 5.82 Å². The third-order valence-electron chi connectivity index (χ3n) is 2.72. The van der Waals surface area contributed by atoms with Gasteiger partial charge in [0, 0.05) is 6.04 Å². The minimum Gasteiger partial charge on any atom is -0.478 e. The lowest BCUT2D eigenvalue weighted by atomic mass is 10.1. The molecular formula is C13H18FNO2. The number of benzene rings is 1. The number of carbonyl (C=O) groups is 1. The van der Waals surface area contributed by atoms with Crippen LogP contribution in [0.15, 0.2) is 18.2 Å². The molecule has 0 amide bonds. The third kappa shape index (κ3) is 3.44. The van der Waals surface area contributed by atoms with E-state index in [1.807, 2.05) is 13.8 Å². The molecule has 1 rings (SSSR count). The van der Waals surface area contributed by atoms with Gasteiger partial charge in [-0.15, -0.1) is 0 Å². The van der Waals surface area contributed by atoms with E-state index in [1.165, 1.54) is 18.2 Å². The second-order valence-electron chi connectivity index (χ2n) is 4.01. The summed E-state index contributed by atoms with van der Waals surface area (Å²) >= 11 is 0. The molecule has 17 heavy (non-hydrogen) atoms. The molecule has 1 aromatic carbocycles. The van der Waals surface area contributed by atoms with Crippen LogP contribution in [0.3, 0.4) is 0 Å². The number of para-hydroxylation sites is 1. The van der Waals surface area contributed by atoms with Crippen LogP contribution in [0.25, 0.3) is 0 Å². The number of rotatable bonds is 6. The molecule has 1 unspecified atom stereocenters. The Labute approximate surface area is 101 Å². The van der Waals surface area contributed by atoms with Crippen LogP contribution in [0.2, 0.25) is 0 Å². The molecule has 3 nitrogen and oxygen atoms in total. The number of anilines is 1. The molecule has 0 heterocycles. The van der Waals surface area contributed by atoms with E-state index < -0.39 is 11.8 Å². The Bertz CT molecular complexity index is 393. The van der Waals surface area contributed by atoms with Gasteiger partial charge in [-0.25, -0.2) is 9.18 Å². The maximum absolute atomic E-state index is 13.6. The summed E-state index contributed by atoms with van der Waals surface area (Å²) in [6, 6.07) is 4.19. The Morgan fingerprint density at radius 3 is 2.71 bits per heavy atom. The van der Waals surface area contributed by atoms with E-state index in [2.05, 4.69) is 5.32 Å². The molecule has 0 spiro atoms. The van der Waals surface area contributed by atoms with E-state index >= 15 is 0 Å². The molecule has 1 aromatic rings. The first kappa shape index (κ1) is 13.5. The van der Waals surface area contributed by atoms with Crippen LogP contribution in [-0.2, 0) is 0 Å². The number of aromatic carboxylic acids is 1. The molecule has 1 atom stereocenters. The largest absolute Gasteiger partial charge is 0.478 e. The van der Waals surface area contributed by atoms with Crippen LogP contribution in [0.4, 0.5) is 10.1 Å². The van der Waals surface area contributed by atoms with Crippen molar-refractivity contribution in [2.75, 3.05) is 5.32 Å². The summed E-state index contributed by atoms with van der Waals surface area (Å²) in [6.45, 7) is 4.04. The van der Waals surface area contributed by atoms with E-state index in [1.54, 1.807) is 0 Å². The summed E-state index contributed by atoms with van der Waals surface area (Å²) in [7, 11) is 0. The molecule has 4 heteroatoms. The highest BCUT2D eigenvalue weighted by Gasteiger charge is 2.16. The van der Waals surface area contributed by atoms with Crippen molar-refractivity contribution in [1.29, 1.82) is 0 Å². The van der Waals surface area contributed by atoms with Crippen molar-refractivity contribution in [3.8, 4) is 0 Å². The lowest BCUT2D eigenvalue weighted by molar-refractivity contribution is 0.0697. The van der Waals surface area contributed by atoms with Crippen LogP contribution in [-0.4, -0.2) is 17.1 Å². The molecule has 0 aliphatic carbocycles. The smallest absolute Gasteiger partial charge is 0.337 e. The summed E-state index contributed by atoms with van der Waals surface area (Å²) in [4.78, 5) is 11.0. The minimum atomic E-state index is -1.11. The molecule has 0 saturated heterocycles. The molecule has 0 saturated carbocycles. The van der Waals surface area contributed by atoms with Crippen LogP contribution in [0, 0.1) is 5.82 Å². The van der Waals surface area contributed by atoms with Gasteiger partial charge in [-0.05, 0) is 25.0 Å². The van der Waals surface area contributed by atoms with Crippen LogP contribution >= 0.6 is 0 Å². The van der Waals surface area contributed by atoms with E-state index in [4.69, 9.17) is 5.11 Å². The zero-order chi connectivity index (χ0) is 12.8. The highest BCUT2D eigenvalue weighted by Crippen LogP contribution is 2.22. The monoisotopic (exact) mass is 239 g/mol. The summed E-state index contributed by atoms with van der Waals surface area (Å²) in [6.07, 6.45) is 2.70. The number of nitrogens with one attached hydrogen (secondary N) is 1. The first-order chi connectivity index (χ1) is 8.10. The van der Waals surface area contributed by atoms with Crippen molar-refractivity contribution in [3.63, 3.8) is 0 Å². The molecule has 0 bridgehead atoms. The molecule has 0 fully saturated rings. The molecular weight excluding hydrogens is 221 g/mol. The number of carboxylic acids is 1. The van der Waals surface area contributed by atoms with E-state index in [0.29, 0.717) is 0 Å². The van der Waals surface area contributed by atoms with Gasteiger partial charge in [-0.3, -0.25) is 0 Å². The van der Waals surface area contributed by atoms with Crippen molar-refractivity contribution in [2.24, 2.45) is 0 Å². The number of hydrogen-bond donors (Lipinski definition) is 2. The second-order valence-corrected chi connectivity index (χ2v) is 4.01. The highest BCUT2D eigenvalue weighted by molar-refractivity contribution is 5.94. The van der Waals surface area contributed by atoms with E-state index in [-0.39, 0.29) is 17.3 Å². The Kier molecular flexibility index (Phi) is 4.94. The van der Waals surface area contributed by atoms with Gasteiger partial charge in [0.05, 0.1) is 11.3 Å². The summed E-state index contributed by atoms with van der Waals surface area (Å²) in [5.41, 5.74) is 0.0832. The molecule has 0 aromatic heterocycles. The molecule has 0 radical (unpaired) electrons. The van der Waals surface area contributed by atoms with Gasteiger partial charge < -0.3 is 10.4 Å². The lowest BCUT2D eigenvalue weighted by Crippen LogP contribution is -2.20. The van der Waals surface area contributed by atoms with Crippen molar-refractivity contribution in [2.45, 2.75) is 39.2 Å². The third-order valence-corrected chi connectivity index (χ3v) is 2.72. The number of halogens is 1. The molecule has 0 aliphatic rings. The van der Waals surface area contributed by atoms with Gasteiger partial charge in [-0.1, -0.05) is 26.3 Å². The van der Waals surface area contributed by atoms with Crippen molar-refractivity contribution in [1.82, 2.24) is 0 Å². The first-order valence-electron chi connectivity index (χ1n) is 5.88. The maximum Gasteiger partial charge on any atom is 0.337 e. The van der Waals surface area contributed by atoms with Gasteiger partial charge in [0.2, 0.25) is 0 Å². The van der Waals surface area contributed by atoms with Gasteiger partial charge in [0.15, 0.2) is 0 Å². The summed E-state index contributed by atoms with van der Waals surface area (Å²) in [5.74, 6) is -1.63. The average Bonchev–Trinajstić information content (AvgIpc) is 2.30. The predicted octanol–water partition coefficient (Wildman–Crippen LogP) is 3.51. The van der Waals surface area contributed by atoms with Gasteiger partial charge in [0.25, 0.3) is 0 Å². The number of hydrogen-bond acceptors (Lipinski definition) is 2. The van der Waals surface area contributed by atoms with Crippen molar-refractivity contribution in [3.05, 3.63) is 29.6 Å². The van der Waals surface area contributed by atoms with Crippen LogP contribution in [0.1, 0.15) is 43.5 Å². The highest BCUT2D eigenvalue weighted by atomic mass is 19.1. The summed E-state index contributed by atoms with van der Waals surface area (Å²) in [5, 5.41) is 12.0. The Morgan fingerprint density at radius 2 is 2.18 bits per heavy atom. The Hall–Kier alpha value is -1.58. The molecule has 0 aliphatic heterocycles. The fraction of sp³-hybridized carbons (Fsp3) is 0.462. The predicted molar refractivity (Wildman–Crippen MR) is 66.0 cm³/mol. The van der Waals surface area contributed by atoms with Crippen molar-refractivity contribution >= 4 is 11.7 Å². The molecule has 94 valence electrons. The number of carboxylic acid groups (broad SMARTS) is 1. The zero-order valence-electron chi connectivity index (χ0n) is 10.2. The first-order valence-corrected chi connectivity index (χ1v) is 5.88. The topological polar surface area (TPSA) is 49.3 Å². The summed E-state index contributed by atoms with van der Waals surface area (Å²) < 4.78 is 13.6. The SMILES string of the molecule is CCCC(CC)Nc1c(F)cccc1C(=O)O. The van der Waals surface area contributed by atoms with Crippen molar-refractivity contribution < 1.29 is 14.3 Å². The van der Waals surface area contributed by atoms with E-state index in [9.17, 15) is 9.18 Å². The van der Waals surface area contributed by atoms with Crippen LogP contribution < -0.4 is 5.32 Å². The van der Waals surface area contributed by atoms with Gasteiger partial charge in [-0.2, -0.15) is 0 Å². The quantitative estimate of drug-likeness (QED) is 0.798. The Morgan fingerprint density at radius 1 is 1.47 bits per heavy atom. The van der Waals surface area contributed by atoms with Crippen LogP contribution in [0.5, 0.6) is 0 Å². The molecule has 2 N–H and O–H groups in total. The fourth-order valence-electron chi connectivity index (χ4n) is 1.78. The minimum absolute atomic E-state index is 0.0143. The lowest BCUT2D eigenvalue weighted by Gasteiger charge is -2.19. The Balaban J connectivity index is 2.99. The zero-order valence-corrected chi connectivity index (χ0v) is 10.2. The maximum atomic E-state index is 13.6. The fourth-order valence-corrected chi connectivity index (χ4v) is 1.78. The van der Waals surface area contributed by atoms with Gasteiger partial charge >= 0.3 is 5.97 Å².